The number of rotatable bonds is 6. The van der Waals surface area contributed by atoms with Crippen LogP contribution in [0.2, 0.25) is 0 Å². The van der Waals surface area contributed by atoms with Gasteiger partial charge in [0.25, 0.3) is 6.43 Å². The Hall–Kier alpha value is -1.36. The summed E-state index contributed by atoms with van der Waals surface area (Å²) in [6, 6.07) is 4.60. The van der Waals surface area contributed by atoms with Gasteiger partial charge in [-0.25, -0.2) is 8.78 Å². The van der Waals surface area contributed by atoms with E-state index in [9.17, 15) is 8.78 Å². The molecule has 0 radical (unpaired) electrons. The van der Waals surface area contributed by atoms with Crippen molar-refractivity contribution in [3.05, 3.63) is 23.8 Å². The monoisotopic (exact) mass is 244 g/mol. The number of halogens is 2. The van der Waals surface area contributed by atoms with Gasteiger partial charge in [-0.1, -0.05) is 0 Å². The van der Waals surface area contributed by atoms with Gasteiger partial charge in [0.05, 0.1) is 6.61 Å². The number of methoxy groups -OCH3 is 1. The summed E-state index contributed by atoms with van der Waals surface area (Å²) >= 11 is 0. The van der Waals surface area contributed by atoms with Crippen molar-refractivity contribution in [2.24, 2.45) is 0 Å². The largest absolute Gasteiger partial charge is 0.399 e. The maximum atomic E-state index is 12.9. The summed E-state index contributed by atoms with van der Waals surface area (Å²) in [7, 11) is 1.59. The quantitative estimate of drug-likeness (QED) is 0.782. The second-order valence-electron chi connectivity index (χ2n) is 3.69. The molecule has 0 aromatic heterocycles. The van der Waals surface area contributed by atoms with Crippen LogP contribution in [0.25, 0.3) is 0 Å². The highest BCUT2D eigenvalue weighted by Gasteiger charge is 2.17. The van der Waals surface area contributed by atoms with Gasteiger partial charge in [0.2, 0.25) is 0 Å². The number of likely N-dealkylation sites (N-methyl/N-ethyl adjacent to an activating group) is 1. The zero-order valence-corrected chi connectivity index (χ0v) is 10.1. The molecule has 17 heavy (non-hydrogen) atoms. The maximum absolute atomic E-state index is 12.9. The molecule has 5 heteroatoms. The maximum Gasteiger partial charge on any atom is 0.265 e. The standard InChI is InChI=1S/C12H18F2N2O/c1-3-16(6-7-17-2)11-5-4-9(15)8-10(11)12(13)14/h4-5,8,12H,3,6-7,15H2,1-2H3. The van der Waals surface area contributed by atoms with E-state index in [-0.39, 0.29) is 5.56 Å². The predicted octanol–water partition coefficient (Wildman–Crippen LogP) is 2.68. The van der Waals surface area contributed by atoms with Gasteiger partial charge in [-0.15, -0.1) is 0 Å². The van der Waals surface area contributed by atoms with Crippen LogP contribution in [0.4, 0.5) is 20.2 Å². The first-order valence-electron chi connectivity index (χ1n) is 5.51. The number of hydrogen-bond acceptors (Lipinski definition) is 3. The lowest BCUT2D eigenvalue weighted by Gasteiger charge is -2.25. The first-order chi connectivity index (χ1) is 8.10. The smallest absolute Gasteiger partial charge is 0.265 e. The highest BCUT2D eigenvalue weighted by atomic mass is 19.3. The van der Waals surface area contributed by atoms with Crippen LogP contribution in [0.1, 0.15) is 18.9 Å². The van der Waals surface area contributed by atoms with E-state index in [1.165, 1.54) is 6.07 Å². The molecule has 0 aliphatic rings. The van der Waals surface area contributed by atoms with Gasteiger partial charge in [-0.05, 0) is 25.1 Å². The Morgan fingerprint density at radius 3 is 2.65 bits per heavy atom. The van der Waals surface area contributed by atoms with Gasteiger partial charge in [0, 0.05) is 37.1 Å². The van der Waals surface area contributed by atoms with Crippen molar-refractivity contribution in [1.82, 2.24) is 0 Å². The third kappa shape index (κ3) is 3.56. The molecule has 0 heterocycles. The number of ether oxygens (including phenoxy) is 1. The average molecular weight is 244 g/mol. The number of hydrogen-bond donors (Lipinski definition) is 1. The summed E-state index contributed by atoms with van der Waals surface area (Å²) in [4.78, 5) is 1.85. The van der Waals surface area contributed by atoms with E-state index in [1.807, 2.05) is 11.8 Å². The molecule has 0 bridgehead atoms. The summed E-state index contributed by atoms with van der Waals surface area (Å²) in [5, 5.41) is 0. The molecule has 1 rings (SSSR count). The number of anilines is 2. The minimum Gasteiger partial charge on any atom is -0.399 e. The lowest BCUT2D eigenvalue weighted by molar-refractivity contribution is 0.151. The Labute approximate surface area is 100 Å². The van der Waals surface area contributed by atoms with Crippen molar-refractivity contribution in [3.8, 4) is 0 Å². The van der Waals surface area contributed by atoms with E-state index in [1.54, 1.807) is 19.2 Å². The fourth-order valence-electron chi connectivity index (χ4n) is 1.69. The van der Waals surface area contributed by atoms with Crippen molar-refractivity contribution in [3.63, 3.8) is 0 Å². The second kappa shape index (κ2) is 6.39. The van der Waals surface area contributed by atoms with Gasteiger partial charge in [-0.3, -0.25) is 0 Å². The Bertz CT molecular complexity index is 358. The Kier molecular flexibility index (Phi) is 5.15. The van der Waals surface area contributed by atoms with E-state index >= 15 is 0 Å². The van der Waals surface area contributed by atoms with Gasteiger partial charge < -0.3 is 15.4 Å². The summed E-state index contributed by atoms with van der Waals surface area (Å²) in [5.74, 6) is 0. The molecular weight excluding hydrogens is 226 g/mol. The van der Waals surface area contributed by atoms with E-state index in [2.05, 4.69) is 0 Å². The minimum absolute atomic E-state index is 0.0250. The van der Waals surface area contributed by atoms with E-state index in [0.29, 0.717) is 31.1 Å². The lowest BCUT2D eigenvalue weighted by Crippen LogP contribution is -2.27. The van der Waals surface area contributed by atoms with Crippen molar-refractivity contribution in [2.75, 3.05) is 37.4 Å². The molecule has 0 spiro atoms. The zero-order chi connectivity index (χ0) is 12.8. The second-order valence-corrected chi connectivity index (χ2v) is 3.69. The Morgan fingerprint density at radius 2 is 2.12 bits per heavy atom. The molecule has 0 aliphatic heterocycles. The van der Waals surface area contributed by atoms with Crippen LogP contribution >= 0.6 is 0 Å². The molecule has 1 aromatic carbocycles. The average Bonchev–Trinajstić information content (AvgIpc) is 2.31. The molecule has 0 atom stereocenters. The molecular formula is C12H18F2N2O. The molecule has 3 nitrogen and oxygen atoms in total. The summed E-state index contributed by atoms with van der Waals surface area (Å²) in [6.45, 7) is 3.64. The van der Waals surface area contributed by atoms with Crippen LogP contribution in [0, 0.1) is 0 Å². The van der Waals surface area contributed by atoms with Crippen molar-refractivity contribution in [1.29, 1.82) is 0 Å². The third-order valence-corrected chi connectivity index (χ3v) is 2.57. The topological polar surface area (TPSA) is 38.5 Å². The highest BCUT2D eigenvalue weighted by molar-refractivity contribution is 5.60. The fourth-order valence-corrected chi connectivity index (χ4v) is 1.69. The van der Waals surface area contributed by atoms with Gasteiger partial charge in [0.1, 0.15) is 0 Å². The van der Waals surface area contributed by atoms with Crippen LogP contribution in [-0.2, 0) is 4.74 Å². The first kappa shape index (κ1) is 13.7. The summed E-state index contributed by atoms with van der Waals surface area (Å²) in [5.41, 5.74) is 6.38. The van der Waals surface area contributed by atoms with E-state index < -0.39 is 6.43 Å². The van der Waals surface area contributed by atoms with Crippen molar-refractivity contribution >= 4 is 11.4 Å². The lowest BCUT2D eigenvalue weighted by atomic mass is 10.1. The minimum atomic E-state index is -2.52. The Balaban J connectivity index is 3.00. The van der Waals surface area contributed by atoms with Crippen LogP contribution in [0.5, 0.6) is 0 Å². The molecule has 0 amide bonds. The number of nitrogens with zero attached hydrogens (tertiary/aromatic N) is 1. The zero-order valence-electron chi connectivity index (χ0n) is 10.1. The van der Waals surface area contributed by atoms with Crippen LogP contribution in [0.3, 0.4) is 0 Å². The molecule has 2 N–H and O–H groups in total. The molecule has 0 saturated carbocycles. The van der Waals surface area contributed by atoms with Gasteiger partial charge >= 0.3 is 0 Å². The van der Waals surface area contributed by atoms with E-state index in [0.717, 1.165) is 0 Å². The molecule has 1 aromatic rings. The summed E-state index contributed by atoms with van der Waals surface area (Å²) in [6.07, 6.45) is -2.52. The third-order valence-electron chi connectivity index (χ3n) is 2.57. The molecule has 0 saturated heterocycles. The van der Waals surface area contributed by atoms with Crippen molar-refractivity contribution in [2.45, 2.75) is 13.3 Å². The number of benzene rings is 1. The molecule has 96 valence electrons. The number of alkyl halides is 2. The number of nitrogens with two attached hydrogens (primary N) is 1. The molecule has 0 aliphatic carbocycles. The SMILES string of the molecule is CCN(CCOC)c1ccc(N)cc1C(F)F. The van der Waals surface area contributed by atoms with E-state index in [4.69, 9.17) is 10.5 Å². The normalized spacial score (nSPS) is 10.9. The first-order valence-corrected chi connectivity index (χ1v) is 5.51. The number of nitrogen functional groups attached to an aromatic ring is 1. The Morgan fingerprint density at radius 1 is 1.41 bits per heavy atom. The van der Waals surface area contributed by atoms with Crippen LogP contribution in [-0.4, -0.2) is 26.8 Å². The van der Waals surface area contributed by atoms with Crippen LogP contribution < -0.4 is 10.6 Å². The predicted molar refractivity (Wildman–Crippen MR) is 65.6 cm³/mol. The molecule has 0 fully saturated rings. The summed E-state index contributed by atoms with van der Waals surface area (Å²) < 4.78 is 30.8. The van der Waals surface area contributed by atoms with Crippen molar-refractivity contribution < 1.29 is 13.5 Å². The molecule has 0 unspecified atom stereocenters. The van der Waals surface area contributed by atoms with Gasteiger partial charge in [0.15, 0.2) is 0 Å². The van der Waals surface area contributed by atoms with Gasteiger partial charge in [-0.2, -0.15) is 0 Å². The van der Waals surface area contributed by atoms with Crippen LogP contribution in [0.15, 0.2) is 18.2 Å². The fraction of sp³-hybridized carbons (Fsp3) is 0.500. The highest BCUT2D eigenvalue weighted by Crippen LogP contribution is 2.31.